The third-order valence-corrected chi connectivity index (χ3v) is 6.30. The number of pyridine rings is 1. The number of hydrogen-bond acceptors (Lipinski definition) is 11. The molecule has 11 heteroatoms. The van der Waals surface area contributed by atoms with Gasteiger partial charge in [-0.05, 0) is 31.9 Å². The van der Waals surface area contributed by atoms with Crippen LogP contribution in [0.25, 0.3) is 10.9 Å². The molecule has 9 N–H and O–H groups in total. The number of aryl methyl sites for hydroxylation is 1. The Balaban J connectivity index is 1.55. The van der Waals surface area contributed by atoms with Gasteiger partial charge in [0.1, 0.15) is 0 Å². The monoisotopic (exact) mass is 463 g/mol. The molecule has 11 nitrogen and oxygen atoms in total. The van der Waals surface area contributed by atoms with E-state index in [1.54, 1.807) is 0 Å². The van der Waals surface area contributed by atoms with Gasteiger partial charge >= 0.3 is 0 Å². The smallest absolute Gasteiger partial charge is 0.233 e. The number of nitrogens with two attached hydrogens (primary N) is 4. The molecule has 0 saturated carbocycles. The standard InChI is InChI=1S/C23H33N11/c1-13-6-20(18-4-2-3-5-19(18)28-13)29-21-30-22(33-9-14(24)7-15(25)10-33)32-23(31-21)34-11-16(26)8-17(27)12-34/h2-6,14-17H,7-12,24-27H2,1H3,(H,28,29,30,31,32)/t14-,15+,16-,17+. The van der Waals surface area contributed by atoms with Gasteiger partial charge in [-0.15, -0.1) is 0 Å². The van der Waals surface area contributed by atoms with Gasteiger partial charge in [-0.3, -0.25) is 4.98 Å². The summed E-state index contributed by atoms with van der Waals surface area (Å²) in [7, 11) is 0. The highest BCUT2D eigenvalue weighted by molar-refractivity contribution is 5.92. The number of benzene rings is 1. The molecule has 0 bridgehead atoms. The van der Waals surface area contributed by atoms with Gasteiger partial charge in [-0.1, -0.05) is 18.2 Å². The molecule has 1 aromatic carbocycles. The highest BCUT2D eigenvalue weighted by atomic mass is 15.4. The summed E-state index contributed by atoms with van der Waals surface area (Å²) < 4.78 is 0. The van der Waals surface area contributed by atoms with E-state index in [9.17, 15) is 0 Å². The number of anilines is 4. The molecule has 4 atom stereocenters. The van der Waals surface area contributed by atoms with E-state index in [4.69, 9.17) is 37.9 Å². The number of hydrogen-bond donors (Lipinski definition) is 5. The molecule has 0 radical (unpaired) electrons. The van der Waals surface area contributed by atoms with Crippen LogP contribution in [0.1, 0.15) is 18.5 Å². The molecule has 2 aromatic heterocycles. The molecule has 2 saturated heterocycles. The molecule has 2 fully saturated rings. The Kier molecular flexibility index (Phi) is 6.17. The molecule has 0 aliphatic carbocycles. The van der Waals surface area contributed by atoms with Crippen molar-refractivity contribution in [2.75, 3.05) is 41.3 Å². The van der Waals surface area contributed by atoms with Crippen LogP contribution in [0.2, 0.25) is 0 Å². The Morgan fingerprint density at radius 2 is 1.29 bits per heavy atom. The summed E-state index contributed by atoms with van der Waals surface area (Å²) in [6, 6.07) is 9.82. The molecule has 0 amide bonds. The number of rotatable bonds is 4. The molecule has 0 unspecified atom stereocenters. The Morgan fingerprint density at radius 1 is 0.765 bits per heavy atom. The number of nitrogens with zero attached hydrogens (tertiary/aromatic N) is 6. The molecule has 2 aliphatic rings. The van der Waals surface area contributed by atoms with E-state index < -0.39 is 0 Å². The van der Waals surface area contributed by atoms with Gasteiger partial charge in [-0.25, -0.2) is 0 Å². The van der Waals surface area contributed by atoms with Crippen LogP contribution >= 0.6 is 0 Å². The zero-order valence-corrected chi connectivity index (χ0v) is 19.4. The first kappa shape index (κ1) is 22.7. The third-order valence-electron chi connectivity index (χ3n) is 6.30. The average molecular weight is 464 g/mol. The van der Waals surface area contributed by atoms with Crippen LogP contribution in [-0.2, 0) is 0 Å². The van der Waals surface area contributed by atoms with Crippen molar-refractivity contribution in [2.45, 2.75) is 43.9 Å². The predicted octanol–water partition coefficient (Wildman–Crippen LogP) is 0.201. The SMILES string of the molecule is Cc1cc(Nc2nc(N3C[C@H](N)C[C@H](N)C3)nc(N3C[C@H](N)C[C@H](N)C3)n2)c2ccccc2n1. The summed E-state index contributed by atoms with van der Waals surface area (Å²) >= 11 is 0. The van der Waals surface area contributed by atoms with E-state index in [0.29, 0.717) is 44.0 Å². The summed E-state index contributed by atoms with van der Waals surface area (Å²) in [5.74, 6) is 1.53. The number of fused-ring (bicyclic) bond motifs is 1. The van der Waals surface area contributed by atoms with Gasteiger partial charge in [-0.2, -0.15) is 15.0 Å². The minimum Gasteiger partial charge on any atom is -0.338 e. The van der Waals surface area contributed by atoms with Gasteiger partial charge in [0.05, 0.1) is 11.2 Å². The van der Waals surface area contributed by atoms with E-state index in [1.165, 1.54) is 0 Å². The van der Waals surface area contributed by atoms with Crippen molar-refractivity contribution < 1.29 is 0 Å². The fraction of sp³-hybridized carbons (Fsp3) is 0.478. The van der Waals surface area contributed by atoms with Crippen LogP contribution in [0.5, 0.6) is 0 Å². The maximum absolute atomic E-state index is 6.25. The Morgan fingerprint density at radius 3 is 1.85 bits per heavy atom. The van der Waals surface area contributed by atoms with Gasteiger partial charge in [0.2, 0.25) is 17.8 Å². The Labute approximate surface area is 198 Å². The zero-order valence-electron chi connectivity index (χ0n) is 19.4. The van der Waals surface area contributed by atoms with E-state index >= 15 is 0 Å². The maximum atomic E-state index is 6.25. The second-order valence-electron chi connectivity index (χ2n) is 9.53. The number of piperidine rings is 2. The normalized spacial score (nSPS) is 25.6. The quantitative estimate of drug-likeness (QED) is 0.357. The van der Waals surface area contributed by atoms with Gasteiger partial charge in [0, 0.05) is 61.4 Å². The fourth-order valence-corrected chi connectivity index (χ4v) is 4.91. The van der Waals surface area contributed by atoms with Crippen molar-refractivity contribution in [3.63, 3.8) is 0 Å². The van der Waals surface area contributed by atoms with Crippen molar-refractivity contribution in [3.8, 4) is 0 Å². The van der Waals surface area contributed by atoms with E-state index in [2.05, 4.69) is 10.3 Å². The van der Waals surface area contributed by atoms with E-state index in [0.717, 1.165) is 35.1 Å². The molecule has 3 aromatic rings. The topological polar surface area (TPSA) is 174 Å². The average Bonchev–Trinajstić information content (AvgIpc) is 2.77. The van der Waals surface area contributed by atoms with Crippen molar-refractivity contribution in [3.05, 3.63) is 36.0 Å². The fourth-order valence-electron chi connectivity index (χ4n) is 4.91. The molecule has 180 valence electrons. The number of para-hydroxylation sites is 1. The van der Waals surface area contributed by atoms with Crippen LogP contribution < -0.4 is 38.1 Å². The maximum Gasteiger partial charge on any atom is 0.233 e. The van der Waals surface area contributed by atoms with Crippen LogP contribution in [0.4, 0.5) is 23.5 Å². The molecular formula is C23H33N11. The summed E-state index contributed by atoms with van der Waals surface area (Å²) in [4.78, 5) is 23.0. The molecule has 5 rings (SSSR count). The second-order valence-corrected chi connectivity index (χ2v) is 9.53. The first-order valence-corrected chi connectivity index (χ1v) is 11.8. The lowest BCUT2D eigenvalue weighted by molar-refractivity contribution is 0.441. The van der Waals surface area contributed by atoms with Crippen molar-refractivity contribution in [1.29, 1.82) is 0 Å². The Hall–Kier alpha value is -3.12. The lowest BCUT2D eigenvalue weighted by Gasteiger charge is -2.37. The summed E-state index contributed by atoms with van der Waals surface area (Å²) in [5, 5.41) is 4.40. The third kappa shape index (κ3) is 4.87. The first-order valence-electron chi connectivity index (χ1n) is 11.8. The largest absolute Gasteiger partial charge is 0.338 e. The molecular weight excluding hydrogens is 430 g/mol. The molecule has 4 heterocycles. The lowest BCUT2D eigenvalue weighted by atomic mass is 10.0. The predicted molar refractivity (Wildman–Crippen MR) is 135 cm³/mol. The zero-order chi connectivity index (χ0) is 23.8. The number of aromatic nitrogens is 4. The van der Waals surface area contributed by atoms with Gasteiger partial charge in [0.25, 0.3) is 0 Å². The highest BCUT2D eigenvalue weighted by Crippen LogP contribution is 2.28. The van der Waals surface area contributed by atoms with Crippen molar-refractivity contribution in [2.24, 2.45) is 22.9 Å². The Bertz CT molecular complexity index is 1100. The minimum atomic E-state index is -0.0380. The first-order chi connectivity index (χ1) is 16.3. The van der Waals surface area contributed by atoms with Gasteiger partial charge < -0.3 is 38.1 Å². The van der Waals surface area contributed by atoms with Crippen LogP contribution in [-0.4, -0.2) is 70.3 Å². The van der Waals surface area contributed by atoms with Crippen molar-refractivity contribution in [1.82, 2.24) is 19.9 Å². The van der Waals surface area contributed by atoms with E-state index in [1.807, 2.05) is 47.1 Å². The molecule has 0 spiro atoms. The van der Waals surface area contributed by atoms with Gasteiger partial charge in [0.15, 0.2) is 0 Å². The lowest BCUT2D eigenvalue weighted by Crippen LogP contribution is -2.54. The minimum absolute atomic E-state index is 0.0380. The van der Waals surface area contributed by atoms with Crippen LogP contribution in [0.15, 0.2) is 30.3 Å². The summed E-state index contributed by atoms with van der Waals surface area (Å²) in [5.41, 5.74) is 27.7. The van der Waals surface area contributed by atoms with Crippen molar-refractivity contribution >= 4 is 34.4 Å². The second kappa shape index (κ2) is 9.26. The summed E-state index contributed by atoms with van der Waals surface area (Å²) in [6.45, 7) is 4.49. The van der Waals surface area contributed by atoms with Crippen LogP contribution in [0, 0.1) is 6.92 Å². The molecule has 2 aliphatic heterocycles. The molecule has 34 heavy (non-hydrogen) atoms. The summed E-state index contributed by atoms with van der Waals surface area (Å²) in [6.07, 6.45) is 1.55. The number of nitrogens with one attached hydrogen (secondary N) is 1. The van der Waals surface area contributed by atoms with E-state index in [-0.39, 0.29) is 24.2 Å². The van der Waals surface area contributed by atoms with Crippen LogP contribution in [0.3, 0.4) is 0 Å². The highest BCUT2D eigenvalue weighted by Gasteiger charge is 2.28.